The quantitative estimate of drug-likeness (QED) is 0.739. The number of hydrogen-bond donors (Lipinski definition) is 1. The van der Waals surface area contributed by atoms with Crippen LogP contribution in [0.4, 0.5) is 0 Å². The third kappa shape index (κ3) is 2.49. The molecule has 0 aromatic carbocycles. The predicted octanol–water partition coefficient (Wildman–Crippen LogP) is -0.127. The Balaban J connectivity index is 1.94. The maximum atomic E-state index is 9.59. The van der Waals surface area contributed by atoms with Crippen molar-refractivity contribution in [1.82, 2.24) is 19.6 Å². The maximum Gasteiger partial charge on any atom is 0.158 e. The van der Waals surface area contributed by atoms with Crippen molar-refractivity contribution in [3.63, 3.8) is 0 Å². The lowest BCUT2D eigenvalue weighted by atomic mass is 10.3. The lowest BCUT2D eigenvalue weighted by Crippen LogP contribution is -2.43. The monoisotopic (exact) mass is 210 g/mol. The van der Waals surface area contributed by atoms with E-state index in [0.29, 0.717) is 5.75 Å². The van der Waals surface area contributed by atoms with Gasteiger partial charge in [-0.2, -0.15) is 5.10 Å². The van der Waals surface area contributed by atoms with Gasteiger partial charge in [0.1, 0.15) is 5.69 Å². The van der Waals surface area contributed by atoms with E-state index in [-0.39, 0.29) is 0 Å². The summed E-state index contributed by atoms with van der Waals surface area (Å²) >= 11 is 0. The van der Waals surface area contributed by atoms with E-state index in [1.54, 1.807) is 10.9 Å². The van der Waals surface area contributed by atoms with Crippen molar-refractivity contribution in [2.45, 2.75) is 6.54 Å². The lowest BCUT2D eigenvalue weighted by Gasteiger charge is -2.31. The van der Waals surface area contributed by atoms with Crippen molar-refractivity contribution >= 4 is 0 Å². The number of rotatable bonds is 2. The molecule has 1 aliphatic heterocycles. The van der Waals surface area contributed by atoms with Crippen LogP contribution in [-0.2, 0) is 13.6 Å². The average Bonchev–Trinajstić information content (AvgIpc) is 2.49. The van der Waals surface area contributed by atoms with Gasteiger partial charge in [-0.15, -0.1) is 0 Å². The highest BCUT2D eigenvalue weighted by Crippen LogP contribution is 2.16. The molecule has 1 N–H and O–H groups in total. The number of aromatic nitrogens is 2. The maximum absolute atomic E-state index is 9.59. The zero-order chi connectivity index (χ0) is 10.8. The minimum absolute atomic E-state index is 0.302. The molecule has 1 aromatic rings. The van der Waals surface area contributed by atoms with Crippen LogP contribution in [0.5, 0.6) is 5.75 Å². The van der Waals surface area contributed by atoms with Crippen molar-refractivity contribution in [3.8, 4) is 5.75 Å². The highest BCUT2D eigenvalue weighted by atomic mass is 16.3. The van der Waals surface area contributed by atoms with Crippen LogP contribution >= 0.6 is 0 Å². The van der Waals surface area contributed by atoms with Gasteiger partial charge < -0.3 is 10.0 Å². The number of aromatic hydroxyl groups is 1. The molecule has 0 spiro atoms. The summed E-state index contributed by atoms with van der Waals surface area (Å²) in [6.45, 7) is 5.03. The average molecular weight is 210 g/mol. The molecule has 1 aromatic heterocycles. The van der Waals surface area contributed by atoms with Gasteiger partial charge in [0.25, 0.3) is 0 Å². The Morgan fingerprint density at radius 3 is 2.47 bits per heavy atom. The number of nitrogens with zero attached hydrogens (tertiary/aromatic N) is 4. The normalized spacial score (nSPS) is 19.6. The van der Waals surface area contributed by atoms with Crippen LogP contribution in [0, 0.1) is 0 Å². The first kappa shape index (κ1) is 10.4. The van der Waals surface area contributed by atoms with Gasteiger partial charge in [0, 0.05) is 39.8 Å². The zero-order valence-corrected chi connectivity index (χ0v) is 9.35. The van der Waals surface area contributed by atoms with Gasteiger partial charge >= 0.3 is 0 Å². The van der Waals surface area contributed by atoms with Crippen molar-refractivity contribution in [2.75, 3.05) is 33.2 Å². The molecule has 1 saturated heterocycles. The summed E-state index contributed by atoms with van der Waals surface area (Å²) in [7, 11) is 3.96. The van der Waals surface area contributed by atoms with E-state index in [0.717, 1.165) is 38.4 Å². The van der Waals surface area contributed by atoms with E-state index < -0.39 is 0 Å². The molecule has 84 valence electrons. The van der Waals surface area contributed by atoms with Crippen molar-refractivity contribution in [1.29, 1.82) is 0 Å². The number of aryl methyl sites for hydroxylation is 1. The van der Waals surface area contributed by atoms with E-state index >= 15 is 0 Å². The van der Waals surface area contributed by atoms with Crippen LogP contribution in [0.25, 0.3) is 0 Å². The second kappa shape index (κ2) is 4.20. The molecule has 2 heterocycles. The highest BCUT2D eigenvalue weighted by molar-refractivity contribution is 5.22. The highest BCUT2D eigenvalue weighted by Gasteiger charge is 2.16. The van der Waals surface area contributed by atoms with E-state index in [9.17, 15) is 5.11 Å². The summed E-state index contributed by atoms with van der Waals surface area (Å²) < 4.78 is 1.65. The summed E-state index contributed by atoms with van der Waals surface area (Å²) in [5, 5.41) is 13.8. The van der Waals surface area contributed by atoms with Crippen LogP contribution in [0.3, 0.4) is 0 Å². The Morgan fingerprint density at radius 1 is 1.27 bits per heavy atom. The molecule has 0 amide bonds. The smallest absolute Gasteiger partial charge is 0.158 e. The minimum Gasteiger partial charge on any atom is -0.504 e. The van der Waals surface area contributed by atoms with Crippen LogP contribution < -0.4 is 0 Å². The van der Waals surface area contributed by atoms with E-state index in [4.69, 9.17) is 0 Å². The molecule has 5 heteroatoms. The van der Waals surface area contributed by atoms with Gasteiger partial charge in [0.15, 0.2) is 5.75 Å². The Labute approximate surface area is 89.9 Å². The molecule has 1 fully saturated rings. The molecule has 5 nitrogen and oxygen atoms in total. The summed E-state index contributed by atoms with van der Waals surface area (Å²) in [6, 6.07) is 0. The first-order valence-electron chi connectivity index (χ1n) is 5.27. The number of hydrogen-bond acceptors (Lipinski definition) is 4. The minimum atomic E-state index is 0.302. The molecular formula is C10H18N4O. The van der Waals surface area contributed by atoms with E-state index in [1.165, 1.54) is 0 Å². The van der Waals surface area contributed by atoms with Crippen LogP contribution in [-0.4, -0.2) is 57.9 Å². The molecular weight excluding hydrogens is 192 g/mol. The van der Waals surface area contributed by atoms with Gasteiger partial charge in [0.2, 0.25) is 0 Å². The molecule has 0 aliphatic carbocycles. The van der Waals surface area contributed by atoms with Gasteiger partial charge in [0.05, 0.1) is 6.20 Å². The molecule has 1 aliphatic rings. The molecule has 15 heavy (non-hydrogen) atoms. The Kier molecular flexibility index (Phi) is 2.93. The van der Waals surface area contributed by atoms with Gasteiger partial charge in [-0.05, 0) is 7.05 Å². The second-order valence-corrected chi connectivity index (χ2v) is 4.21. The fourth-order valence-corrected chi connectivity index (χ4v) is 1.85. The molecule has 0 atom stereocenters. The largest absolute Gasteiger partial charge is 0.504 e. The van der Waals surface area contributed by atoms with Crippen LogP contribution in [0.15, 0.2) is 6.20 Å². The fourth-order valence-electron chi connectivity index (χ4n) is 1.85. The Hall–Kier alpha value is -1.07. The van der Waals surface area contributed by atoms with Gasteiger partial charge in [-0.25, -0.2) is 0 Å². The first-order valence-corrected chi connectivity index (χ1v) is 5.27. The first-order chi connectivity index (χ1) is 7.15. The van der Waals surface area contributed by atoms with Crippen molar-refractivity contribution in [3.05, 3.63) is 11.9 Å². The Bertz CT molecular complexity index is 328. The van der Waals surface area contributed by atoms with Crippen molar-refractivity contribution < 1.29 is 5.11 Å². The Morgan fingerprint density at radius 2 is 1.93 bits per heavy atom. The van der Waals surface area contributed by atoms with Gasteiger partial charge in [-0.3, -0.25) is 9.58 Å². The predicted molar refractivity (Wildman–Crippen MR) is 57.6 cm³/mol. The zero-order valence-electron chi connectivity index (χ0n) is 9.35. The van der Waals surface area contributed by atoms with Gasteiger partial charge in [-0.1, -0.05) is 0 Å². The second-order valence-electron chi connectivity index (χ2n) is 4.21. The molecule has 0 saturated carbocycles. The van der Waals surface area contributed by atoms with Crippen molar-refractivity contribution in [2.24, 2.45) is 7.05 Å². The molecule has 0 bridgehead atoms. The summed E-state index contributed by atoms with van der Waals surface area (Å²) in [5.74, 6) is 0.302. The van der Waals surface area contributed by atoms with E-state index in [1.807, 2.05) is 7.05 Å². The third-order valence-corrected chi connectivity index (χ3v) is 2.85. The standard InChI is InChI=1S/C10H18N4O/c1-12-3-5-14(6-4-12)7-9-10(15)8-13(2)11-9/h8,15H,3-7H2,1-2H3. The molecule has 0 radical (unpaired) electrons. The summed E-state index contributed by atoms with van der Waals surface area (Å²) in [4.78, 5) is 4.64. The van der Waals surface area contributed by atoms with Crippen LogP contribution in [0.2, 0.25) is 0 Å². The SMILES string of the molecule is CN1CCN(Cc2nn(C)cc2O)CC1. The number of likely N-dealkylation sites (N-methyl/N-ethyl adjacent to an activating group) is 1. The summed E-state index contributed by atoms with van der Waals surface area (Å²) in [5.41, 5.74) is 0.780. The topological polar surface area (TPSA) is 44.5 Å². The molecule has 2 rings (SSSR count). The lowest BCUT2D eigenvalue weighted by molar-refractivity contribution is 0.145. The van der Waals surface area contributed by atoms with Crippen LogP contribution in [0.1, 0.15) is 5.69 Å². The molecule has 0 unspecified atom stereocenters. The fraction of sp³-hybridized carbons (Fsp3) is 0.700. The number of piperazine rings is 1. The van der Waals surface area contributed by atoms with E-state index in [2.05, 4.69) is 21.9 Å². The third-order valence-electron chi connectivity index (χ3n) is 2.85. The summed E-state index contributed by atoms with van der Waals surface area (Å²) in [6.07, 6.45) is 1.64.